The van der Waals surface area contributed by atoms with Crippen molar-refractivity contribution in [2.45, 2.75) is 19.5 Å². The normalized spacial score (nSPS) is 10.7. The molecule has 0 rings (SSSR count). The summed E-state index contributed by atoms with van der Waals surface area (Å²) in [5.74, 6) is 0. The highest BCUT2D eigenvalue weighted by Crippen LogP contribution is 2.19. The van der Waals surface area contributed by atoms with Gasteiger partial charge in [0, 0.05) is 0 Å². The molecule has 0 fully saturated rings. The first kappa shape index (κ1) is 13.4. The zero-order chi connectivity index (χ0) is 10.2. The first-order chi connectivity index (χ1) is 5.29. The first-order valence-corrected chi connectivity index (χ1v) is 2.89. The number of allylic oxidation sites excluding steroid dienone is 2. The molecule has 2 N–H and O–H groups in total. The summed E-state index contributed by atoms with van der Waals surface area (Å²) in [6.45, 7) is 1.56. The third kappa shape index (κ3) is 37.1. The van der Waals surface area contributed by atoms with Crippen molar-refractivity contribution in [3.05, 3.63) is 12.2 Å². The standard InChI is InChI=1S/C5H7F3.CH2O3/c1-2-3-4-5(6,7)8;2-1(3)4/h2-3H,4H2,1H3;(H2,2,3,4). The van der Waals surface area contributed by atoms with Crippen LogP contribution in [0.15, 0.2) is 12.2 Å². The summed E-state index contributed by atoms with van der Waals surface area (Å²) in [5.41, 5.74) is 0. The minimum atomic E-state index is -4.04. The summed E-state index contributed by atoms with van der Waals surface area (Å²) >= 11 is 0. The molecule has 0 saturated heterocycles. The summed E-state index contributed by atoms with van der Waals surface area (Å²) in [5, 5.41) is 13.9. The van der Waals surface area contributed by atoms with Gasteiger partial charge in [0.05, 0.1) is 6.42 Å². The molecule has 3 nitrogen and oxygen atoms in total. The molecule has 0 aromatic carbocycles. The van der Waals surface area contributed by atoms with E-state index >= 15 is 0 Å². The van der Waals surface area contributed by atoms with Crippen LogP contribution in [0.25, 0.3) is 0 Å². The van der Waals surface area contributed by atoms with E-state index in [0.717, 1.165) is 6.08 Å². The summed E-state index contributed by atoms with van der Waals surface area (Å²) < 4.78 is 33.6. The number of halogens is 3. The molecule has 0 aliphatic rings. The SMILES string of the molecule is CC=CCC(F)(F)F.O=C(O)O. The third-order valence-electron chi connectivity index (χ3n) is 0.585. The molecule has 0 heterocycles. The van der Waals surface area contributed by atoms with Gasteiger partial charge in [-0.2, -0.15) is 13.2 Å². The van der Waals surface area contributed by atoms with Gasteiger partial charge in [-0.15, -0.1) is 0 Å². The van der Waals surface area contributed by atoms with Crippen LogP contribution in [0.4, 0.5) is 18.0 Å². The fourth-order valence-electron chi connectivity index (χ4n) is 0.251. The molecule has 0 aliphatic carbocycles. The van der Waals surface area contributed by atoms with Crippen LogP contribution in [-0.2, 0) is 0 Å². The molecule has 0 spiro atoms. The lowest BCUT2D eigenvalue weighted by atomic mass is 10.4. The molecule has 0 bridgehead atoms. The highest BCUT2D eigenvalue weighted by molar-refractivity contribution is 5.53. The quantitative estimate of drug-likeness (QED) is 0.619. The smallest absolute Gasteiger partial charge is 0.450 e. The largest absolute Gasteiger partial charge is 0.503 e. The number of carbonyl (C=O) groups is 1. The van der Waals surface area contributed by atoms with Crippen molar-refractivity contribution < 1.29 is 28.2 Å². The van der Waals surface area contributed by atoms with Crippen LogP contribution in [0.3, 0.4) is 0 Å². The fraction of sp³-hybridized carbons (Fsp3) is 0.500. The Morgan fingerprint density at radius 3 is 1.83 bits per heavy atom. The van der Waals surface area contributed by atoms with Gasteiger partial charge < -0.3 is 10.2 Å². The maximum absolute atomic E-state index is 11.2. The minimum absolute atomic E-state index is 0.816. The van der Waals surface area contributed by atoms with E-state index in [1.54, 1.807) is 6.92 Å². The molecule has 0 aliphatic heterocycles. The molecule has 0 amide bonds. The number of alkyl halides is 3. The predicted molar refractivity (Wildman–Crippen MR) is 36.1 cm³/mol. The Bertz CT molecular complexity index is 147. The van der Waals surface area contributed by atoms with Gasteiger partial charge in [0.15, 0.2) is 0 Å². The van der Waals surface area contributed by atoms with Gasteiger partial charge in [-0.25, -0.2) is 4.79 Å². The monoisotopic (exact) mass is 186 g/mol. The molecule has 0 atom stereocenters. The lowest BCUT2D eigenvalue weighted by Crippen LogP contribution is -2.03. The molecule has 6 heteroatoms. The van der Waals surface area contributed by atoms with Crippen molar-refractivity contribution in [1.29, 1.82) is 0 Å². The Labute approximate surface area is 67.1 Å². The lowest BCUT2D eigenvalue weighted by molar-refractivity contribution is -0.125. The van der Waals surface area contributed by atoms with Crippen LogP contribution < -0.4 is 0 Å². The molecule has 0 aromatic rings. The van der Waals surface area contributed by atoms with Gasteiger partial charge in [-0.05, 0) is 6.92 Å². The van der Waals surface area contributed by atoms with Crippen molar-refractivity contribution in [3.63, 3.8) is 0 Å². The van der Waals surface area contributed by atoms with E-state index in [1.807, 2.05) is 0 Å². The van der Waals surface area contributed by atoms with Crippen LogP contribution in [0.2, 0.25) is 0 Å². The van der Waals surface area contributed by atoms with Gasteiger partial charge in [0.25, 0.3) is 0 Å². The summed E-state index contributed by atoms with van der Waals surface area (Å²) in [6, 6.07) is 0. The molecular formula is C6H9F3O3. The van der Waals surface area contributed by atoms with Gasteiger partial charge in [-0.3, -0.25) is 0 Å². The molecule has 0 radical (unpaired) electrons. The van der Waals surface area contributed by atoms with E-state index in [4.69, 9.17) is 15.0 Å². The Morgan fingerprint density at radius 2 is 1.75 bits per heavy atom. The second-order valence-corrected chi connectivity index (χ2v) is 1.67. The highest BCUT2D eigenvalue weighted by atomic mass is 19.4. The van der Waals surface area contributed by atoms with E-state index in [-0.39, 0.29) is 0 Å². The Balaban J connectivity index is 0. The number of hydrogen-bond acceptors (Lipinski definition) is 1. The van der Waals surface area contributed by atoms with E-state index in [2.05, 4.69) is 0 Å². The second-order valence-electron chi connectivity index (χ2n) is 1.67. The van der Waals surface area contributed by atoms with Crippen LogP contribution in [0.5, 0.6) is 0 Å². The Hall–Kier alpha value is -1.20. The van der Waals surface area contributed by atoms with Gasteiger partial charge in [-0.1, -0.05) is 12.2 Å². The molecular weight excluding hydrogens is 177 g/mol. The average Bonchev–Trinajstić information content (AvgIpc) is 1.80. The zero-order valence-corrected chi connectivity index (χ0v) is 6.30. The van der Waals surface area contributed by atoms with Gasteiger partial charge >= 0.3 is 12.3 Å². The van der Waals surface area contributed by atoms with E-state index in [0.29, 0.717) is 0 Å². The van der Waals surface area contributed by atoms with Crippen LogP contribution in [0, 0.1) is 0 Å². The Morgan fingerprint density at radius 1 is 1.42 bits per heavy atom. The van der Waals surface area contributed by atoms with Crippen LogP contribution in [-0.4, -0.2) is 22.5 Å². The van der Waals surface area contributed by atoms with E-state index < -0.39 is 18.8 Å². The van der Waals surface area contributed by atoms with E-state index in [1.165, 1.54) is 6.08 Å². The number of rotatable bonds is 1. The fourth-order valence-corrected chi connectivity index (χ4v) is 0.251. The minimum Gasteiger partial charge on any atom is -0.450 e. The predicted octanol–water partition coefficient (Wildman–Crippen LogP) is 2.74. The maximum Gasteiger partial charge on any atom is 0.503 e. The topological polar surface area (TPSA) is 57.5 Å². The third-order valence-corrected chi connectivity index (χ3v) is 0.585. The molecule has 0 aromatic heterocycles. The molecule has 72 valence electrons. The summed E-state index contributed by atoms with van der Waals surface area (Å²) in [6.07, 6.45) is -4.22. The van der Waals surface area contributed by atoms with E-state index in [9.17, 15) is 13.2 Å². The maximum atomic E-state index is 11.2. The van der Waals surface area contributed by atoms with Crippen molar-refractivity contribution >= 4 is 6.16 Å². The summed E-state index contributed by atoms with van der Waals surface area (Å²) in [4.78, 5) is 8.56. The Kier molecular flexibility index (Phi) is 7.26. The van der Waals surface area contributed by atoms with Gasteiger partial charge in [0.1, 0.15) is 0 Å². The second kappa shape index (κ2) is 6.51. The number of hydrogen-bond donors (Lipinski definition) is 2. The highest BCUT2D eigenvalue weighted by Gasteiger charge is 2.24. The number of carboxylic acid groups (broad SMARTS) is 2. The summed E-state index contributed by atoms with van der Waals surface area (Å²) in [7, 11) is 0. The molecule has 0 saturated carbocycles. The van der Waals surface area contributed by atoms with Crippen molar-refractivity contribution in [2.75, 3.05) is 0 Å². The molecule has 12 heavy (non-hydrogen) atoms. The lowest BCUT2D eigenvalue weighted by Gasteiger charge is -1.98. The van der Waals surface area contributed by atoms with Gasteiger partial charge in [0.2, 0.25) is 0 Å². The zero-order valence-electron chi connectivity index (χ0n) is 6.30. The van der Waals surface area contributed by atoms with Crippen molar-refractivity contribution in [2.24, 2.45) is 0 Å². The molecule has 0 unspecified atom stereocenters. The van der Waals surface area contributed by atoms with Crippen molar-refractivity contribution in [3.8, 4) is 0 Å². The van der Waals surface area contributed by atoms with Crippen molar-refractivity contribution in [1.82, 2.24) is 0 Å². The van der Waals surface area contributed by atoms with Crippen LogP contribution >= 0.6 is 0 Å². The average molecular weight is 186 g/mol. The van der Waals surface area contributed by atoms with Crippen LogP contribution in [0.1, 0.15) is 13.3 Å². The first-order valence-electron chi connectivity index (χ1n) is 2.89.